The summed E-state index contributed by atoms with van der Waals surface area (Å²) in [6.07, 6.45) is 1.07. The number of aliphatic hydroxyl groups is 1. The molecule has 1 saturated carbocycles. The highest BCUT2D eigenvalue weighted by atomic mass is 16.5. The van der Waals surface area contributed by atoms with Crippen molar-refractivity contribution in [3.8, 4) is 0 Å². The van der Waals surface area contributed by atoms with Crippen molar-refractivity contribution in [2.24, 2.45) is 5.41 Å². The number of nitrogens with one attached hydrogen (secondary N) is 1. The quantitative estimate of drug-likeness (QED) is 0.639. The minimum atomic E-state index is -1.72. The minimum absolute atomic E-state index is 0.0232. The topological polar surface area (TPSA) is 78.8 Å². The Morgan fingerprint density at radius 3 is 2.59 bits per heavy atom. The molecule has 0 spiro atoms. The Balaban J connectivity index is 2.43. The van der Waals surface area contributed by atoms with Gasteiger partial charge in [0.15, 0.2) is 5.60 Å². The second-order valence-electron chi connectivity index (χ2n) is 5.51. The zero-order valence-electron chi connectivity index (χ0n) is 11.0. The first kappa shape index (κ1) is 14.4. The van der Waals surface area contributed by atoms with Gasteiger partial charge >= 0.3 is 5.97 Å². The summed E-state index contributed by atoms with van der Waals surface area (Å²) in [5.74, 6) is -1.21. The van der Waals surface area contributed by atoms with E-state index in [4.69, 9.17) is 9.84 Å². The fourth-order valence-electron chi connectivity index (χ4n) is 2.11. The highest BCUT2D eigenvalue weighted by Crippen LogP contribution is 2.42. The molecule has 3 atom stereocenters. The third-order valence-electron chi connectivity index (χ3n) is 3.70. The first-order chi connectivity index (χ1) is 7.71. The van der Waals surface area contributed by atoms with E-state index in [1.165, 1.54) is 6.92 Å². The summed E-state index contributed by atoms with van der Waals surface area (Å²) in [6.45, 7) is 8.18. The molecule has 0 heterocycles. The lowest BCUT2D eigenvalue weighted by Gasteiger charge is -2.52. The fourth-order valence-corrected chi connectivity index (χ4v) is 2.11. The Morgan fingerprint density at radius 1 is 1.59 bits per heavy atom. The second-order valence-corrected chi connectivity index (χ2v) is 5.51. The minimum Gasteiger partial charge on any atom is -0.479 e. The third-order valence-corrected chi connectivity index (χ3v) is 3.70. The number of hydrogen-bond donors (Lipinski definition) is 3. The molecule has 100 valence electrons. The molecule has 17 heavy (non-hydrogen) atoms. The molecule has 1 aliphatic carbocycles. The van der Waals surface area contributed by atoms with E-state index in [-0.39, 0.29) is 24.1 Å². The van der Waals surface area contributed by atoms with E-state index in [0.29, 0.717) is 6.61 Å². The van der Waals surface area contributed by atoms with E-state index in [2.05, 4.69) is 19.2 Å². The van der Waals surface area contributed by atoms with Gasteiger partial charge in [0, 0.05) is 24.6 Å². The van der Waals surface area contributed by atoms with Gasteiger partial charge in [-0.25, -0.2) is 4.79 Å². The summed E-state index contributed by atoms with van der Waals surface area (Å²) in [5, 5.41) is 21.5. The Bertz CT molecular complexity index is 288. The Hall–Kier alpha value is -0.650. The zero-order valence-corrected chi connectivity index (χ0v) is 11.0. The lowest BCUT2D eigenvalue weighted by Crippen LogP contribution is -2.63. The van der Waals surface area contributed by atoms with Gasteiger partial charge in [-0.1, -0.05) is 13.8 Å². The number of ether oxygens (including phenoxy) is 1. The van der Waals surface area contributed by atoms with Crippen LogP contribution in [0.2, 0.25) is 0 Å². The molecule has 0 amide bonds. The Labute approximate surface area is 102 Å². The first-order valence-electron chi connectivity index (χ1n) is 6.02. The molecule has 0 aromatic rings. The lowest BCUT2D eigenvalue weighted by molar-refractivity contribution is -0.158. The summed E-state index contributed by atoms with van der Waals surface area (Å²) in [4.78, 5) is 10.8. The van der Waals surface area contributed by atoms with Crippen molar-refractivity contribution in [3.05, 3.63) is 0 Å². The summed E-state index contributed by atoms with van der Waals surface area (Å²) >= 11 is 0. The Kier molecular flexibility index (Phi) is 4.17. The number of rotatable bonds is 6. The smallest absolute Gasteiger partial charge is 0.336 e. The van der Waals surface area contributed by atoms with Crippen molar-refractivity contribution in [1.29, 1.82) is 0 Å². The molecule has 1 fully saturated rings. The molecule has 0 aromatic heterocycles. The standard InChI is InChI=1S/C12H23NO4/c1-5-17-9-6-8(11(9,2)3)13-7-12(4,16)10(14)15/h8-9,13,16H,5-7H2,1-4H3,(H,14,15). The second kappa shape index (κ2) is 4.92. The van der Waals surface area contributed by atoms with Crippen LogP contribution >= 0.6 is 0 Å². The third kappa shape index (κ3) is 2.97. The summed E-state index contributed by atoms with van der Waals surface area (Å²) in [5.41, 5.74) is -1.74. The normalized spacial score (nSPS) is 30.4. The van der Waals surface area contributed by atoms with Crippen LogP contribution in [0.5, 0.6) is 0 Å². The van der Waals surface area contributed by atoms with Crippen LogP contribution in [0.25, 0.3) is 0 Å². The monoisotopic (exact) mass is 245 g/mol. The molecule has 0 saturated heterocycles. The van der Waals surface area contributed by atoms with Gasteiger partial charge in [0.1, 0.15) is 0 Å². The molecule has 1 rings (SSSR count). The van der Waals surface area contributed by atoms with E-state index in [0.717, 1.165) is 6.42 Å². The summed E-state index contributed by atoms with van der Waals surface area (Å²) in [7, 11) is 0. The maximum Gasteiger partial charge on any atom is 0.336 e. The molecule has 3 unspecified atom stereocenters. The van der Waals surface area contributed by atoms with Gasteiger partial charge in [-0.15, -0.1) is 0 Å². The molecule has 3 N–H and O–H groups in total. The predicted octanol–water partition coefficient (Wildman–Crippen LogP) is 0.615. The molecule has 5 heteroatoms. The lowest BCUT2D eigenvalue weighted by atomic mass is 9.64. The predicted molar refractivity (Wildman–Crippen MR) is 63.9 cm³/mol. The zero-order chi connectivity index (χ0) is 13.3. The van der Waals surface area contributed by atoms with Gasteiger partial charge in [0.05, 0.1) is 6.10 Å². The van der Waals surface area contributed by atoms with Crippen molar-refractivity contribution in [2.75, 3.05) is 13.2 Å². The van der Waals surface area contributed by atoms with Gasteiger partial charge in [0.2, 0.25) is 0 Å². The number of carboxylic acids is 1. The highest BCUT2D eigenvalue weighted by molar-refractivity contribution is 5.76. The van der Waals surface area contributed by atoms with Gasteiger partial charge in [0.25, 0.3) is 0 Å². The highest BCUT2D eigenvalue weighted by Gasteiger charge is 2.49. The molecular formula is C12H23NO4. The molecule has 0 aliphatic heterocycles. The van der Waals surface area contributed by atoms with Crippen LogP contribution in [-0.4, -0.2) is 47.1 Å². The maximum absolute atomic E-state index is 10.8. The van der Waals surface area contributed by atoms with Crippen molar-refractivity contribution >= 4 is 5.97 Å². The number of carbonyl (C=O) groups is 1. The van der Waals surface area contributed by atoms with E-state index in [9.17, 15) is 9.90 Å². The molecule has 5 nitrogen and oxygen atoms in total. The number of aliphatic carboxylic acids is 1. The fraction of sp³-hybridized carbons (Fsp3) is 0.917. The van der Waals surface area contributed by atoms with Gasteiger partial charge in [-0.3, -0.25) is 0 Å². The van der Waals surface area contributed by atoms with Crippen LogP contribution in [0.15, 0.2) is 0 Å². The number of carboxylic acid groups (broad SMARTS) is 1. The molecular weight excluding hydrogens is 222 g/mol. The van der Waals surface area contributed by atoms with Crippen LogP contribution in [0, 0.1) is 5.41 Å². The average Bonchev–Trinajstić information content (AvgIpc) is 2.22. The van der Waals surface area contributed by atoms with E-state index in [1.54, 1.807) is 0 Å². The Morgan fingerprint density at radius 2 is 2.18 bits per heavy atom. The van der Waals surface area contributed by atoms with Crippen LogP contribution in [0.4, 0.5) is 0 Å². The summed E-state index contributed by atoms with van der Waals surface area (Å²) < 4.78 is 5.58. The van der Waals surface area contributed by atoms with Gasteiger partial charge < -0.3 is 20.3 Å². The number of hydrogen-bond acceptors (Lipinski definition) is 4. The van der Waals surface area contributed by atoms with E-state index in [1.807, 2.05) is 6.92 Å². The summed E-state index contributed by atoms with van der Waals surface area (Å²) in [6, 6.07) is 0.185. The van der Waals surface area contributed by atoms with Gasteiger partial charge in [-0.2, -0.15) is 0 Å². The van der Waals surface area contributed by atoms with Crippen LogP contribution < -0.4 is 5.32 Å². The molecule has 0 aromatic carbocycles. The van der Waals surface area contributed by atoms with Crippen LogP contribution in [0.1, 0.15) is 34.1 Å². The van der Waals surface area contributed by atoms with E-state index < -0.39 is 11.6 Å². The van der Waals surface area contributed by atoms with Crippen molar-refractivity contribution in [1.82, 2.24) is 5.32 Å². The van der Waals surface area contributed by atoms with Crippen molar-refractivity contribution in [2.45, 2.75) is 51.9 Å². The maximum atomic E-state index is 10.8. The van der Waals surface area contributed by atoms with Crippen LogP contribution in [-0.2, 0) is 9.53 Å². The molecule has 1 aliphatic rings. The van der Waals surface area contributed by atoms with Crippen LogP contribution in [0.3, 0.4) is 0 Å². The van der Waals surface area contributed by atoms with Crippen molar-refractivity contribution < 1.29 is 19.7 Å². The SMILES string of the molecule is CCOC1CC(NCC(C)(O)C(=O)O)C1(C)C. The van der Waals surface area contributed by atoms with Crippen molar-refractivity contribution in [3.63, 3.8) is 0 Å². The molecule has 0 radical (unpaired) electrons. The largest absolute Gasteiger partial charge is 0.479 e. The van der Waals surface area contributed by atoms with E-state index >= 15 is 0 Å². The average molecular weight is 245 g/mol. The first-order valence-corrected chi connectivity index (χ1v) is 6.02. The van der Waals surface area contributed by atoms with Gasteiger partial charge in [-0.05, 0) is 20.3 Å². The molecule has 0 bridgehead atoms.